The normalized spacial score (nSPS) is 11.0. The maximum absolute atomic E-state index is 12.5. The van der Waals surface area contributed by atoms with Gasteiger partial charge >= 0.3 is 45.7 Å². The van der Waals surface area contributed by atoms with Crippen LogP contribution in [0, 0.1) is 0 Å². The maximum atomic E-state index is 12.5. The van der Waals surface area contributed by atoms with E-state index in [2.05, 4.69) is 49.2 Å². The Kier molecular flexibility index (Phi) is 9.72. The van der Waals surface area contributed by atoms with Crippen LogP contribution in [0.2, 0.25) is 0 Å². The van der Waals surface area contributed by atoms with E-state index in [-0.39, 0.29) is 23.5 Å². The Balaban J connectivity index is 0.000000970. The Morgan fingerprint density at radius 3 is 2.32 bits per heavy atom. The van der Waals surface area contributed by atoms with E-state index >= 15 is 0 Å². The fourth-order valence-corrected chi connectivity index (χ4v) is 2.13. The zero-order valence-corrected chi connectivity index (χ0v) is 18.3. The molecule has 0 saturated carbocycles. The number of aryl methyl sites for hydroxylation is 1. The fraction of sp³-hybridized carbons (Fsp3) is 0.286. The molecule has 0 saturated heterocycles. The third-order valence-corrected chi connectivity index (χ3v) is 3.55. The van der Waals surface area contributed by atoms with Crippen LogP contribution in [0.15, 0.2) is 30.5 Å². The van der Waals surface area contributed by atoms with Gasteiger partial charge in [-0.05, 0) is 24.3 Å². The molecule has 0 aliphatic heterocycles. The summed E-state index contributed by atoms with van der Waals surface area (Å²) in [7, 11) is 1.66. The van der Waals surface area contributed by atoms with Crippen LogP contribution in [0.4, 0.5) is 13.2 Å². The topological polar surface area (TPSA) is 44.1 Å². The van der Waals surface area contributed by atoms with Gasteiger partial charge in [0.1, 0.15) is 12.4 Å². The molecule has 0 N–H and O–H groups in total. The summed E-state index contributed by atoms with van der Waals surface area (Å²) in [6.45, 7) is 0.0376. The van der Waals surface area contributed by atoms with E-state index in [0.717, 1.165) is 12.1 Å². The van der Waals surface area contributed by atoms with Crippen molar-refractivity contribution in [3.8, 4) is 5.75 Å². The van der Waals surface area contributed by atoms with E-state index in [1.54, 1.807) is 7.05 Å². The van der Waals surface area contributed by atoms with Crippen molar-refractivity contribution in [2.75, 3.05) is 5.33 Å². The van der Waals surface area contributed by atoms with Crippen molar-refractivity contribution in [2.24, 2.45) is 7.05 Å². The van der Waals surface area contributed by atoms with Gasteiger partial charge in [-0.2, -0.15) is 18.3 Å². The van der Waals surface area contributed by atoms with Gasteiger partial charge in [-0.15, -0.1) is 0 Å². The predicted molar refractivity (Wildman–Crippen MR) is 95.0 cm³/mol. The number of aromatic nitrogens is 2. The van der Waals surface area contributed by atoms with Crippen LogP contribution in [-0.2, 0) is 31.2 Å². The van der Waals surface area contributed by atoms with Crippen LogP contribution in [0.25, 0.3) is 0 Å². The molecule has 0 aliphatic carbocycles. The first-order valence-electron chi connectivity index (χ1n) is 6.46. The standard InChI is InChI=1S/C14H12BrF3N2O2.2BrH.Cu/c1-20-12(11(7-19-20)13(21)6-15)8-22-10-4-2-9(3-5-10)14(16,17)18;;;/h2-5,7H,6,8H2,1H3;2*1H;/q;;;+2/p-2. The van der Waals surface area contributed by atoms with Gasteiger partial charge in [0.25, 0.3) is 0 Å². The number of rotatable bonds is 5. The van der Waals surface area contributed by atoms with E-state index in [1.165, 1.54) is 34.4 Å². The molecule has 0 bridgehead atoms. The monoisotopic (exact) mass is 597 g/mol. The summed E-state index contributed by atoms with van der Waals surface area (Å²) in [5.74, 6) is 0.144. The molecule has 1 aromatic heterocycles. The Morgan fingerprint density at radius 1 is 1.28 bits per heavy atom. The molecule has 0 aliphatic rings. The van der Waals surface area contributed by atoms with Gasteiger partial charge in [-0.25, -0.2) is 0 Å². The average molecular weight is 601 g/mol. The second-order valence-corrected chi connectivity index (χ2v) is 9.85. The van der Waals surface area contributed by atoms with Crippen LogP contribution in [0.3, 0.4) is 0 Å². The molecule has 2 aromatic rings. The van der Waals surface area contributed by atoms with E-state index in [4.69, 9.17) is 4.74 Å². The number of ketones is 1. The molecule has 0 spiro atoms. The Bertz CT molecular complexity index is 694. The second kappa shape index (κ2) is 10.7. The van der Waals surface area contributed by atoms with Gasteiger partial charge in [-0.1, -0.05) is 15.9 Å². The summed E-state index contributed by atoms with van der Waals surface area (Å²) < 4.78 is 44.3. The summed E-state index contributed by atoms with van der Waals surface area (Å²) >= 11 is 10.5. The van der Waals surface area contributed by atoms with Gasteiger partial charge in [0.05, 0.1) is 28.3 Å². The second-order valence-electron chi connectivity index (χ2n) is 4.54. The average Bonchev–Trinajstić information content (AvgIpc) is 2.93. The third kappa shape index (κ3) is 7.05. The van der Waals surface area contributed by atoms with E-state index < -0.39 is 11.7 Å². The Morgan fingerprint density at radius 2 is 1.84 bits per heavy atom. The number of carbonyl (C=O) groups excluding carboxylic acids is 1. The molecule has 4 nitrogen and oxygen atoms in total. The number of Topliss-reactive ketones (excluding diaryl/α,β-unsaturated/α-hetero) is 1. The van der Waals surface area contributed by atoms with Crippen molar-refractivity contribution in [3.63, 3.8) is 0 Å². The molecule has 143 valence electrons. The zero-order chi connectivity index (χ0) is 19.0. The first kappa shape index (κ1) is 22.7. The minimum atomic E-state index is -4.38. The van der Waals surface area contributed by atoms with Crippen molar-refractivity contribution in [3.05, 3.63) is 47.3 Å². The first-order chi connectivity index (χ1) is 11.7. The number of alkyl halides is 4. The zero-order valence-electron chi connectivity index (χ0n) is 12.6. The molecule has 1 heterocycles. The molecule has 0 unspecified atom stereocenters. The first-order valence-corrected chi connectivity index (χ1v) is 12.2. The molecule has 0 atom stereocenters. The third-order valence-electron chi connectivity index (χ3n) is 3.04. The number of halogens is 6. The molecule has 1 aromatic carbocycles. The van der Waals surface area contributed by atoms with Crippen molar-refractivity contribution < 1.29 is 34.0 Å². The van der Waals surface area contributed by atoms with Crippen LogP contribution < -0.4 is 4.74 Å². The van der Waals surface area contributed by atoms with Gasteiger partial charge in [0.15, 0.2) is 5.78 Å². The molecule has 2 rings (SSSR count). The molecule has 25 heavy (non-hydrogen) atoms. The van der Waals surface area contributed by atoms with Crippen LogP contribution >= 0.6 is 44.2 Å². The fourth-order valence-electron chi connectivity index (χ4n) is 1.83. The van der Waals surface area contributed by atoms with Gasteiger partial charge < -0.3 is 4.74 Å². The summed E-state index contributed by atoms with van der Waals surface area (Å²) in [5.41, 5.74) is 0.242. The molecular weight excluding hydrogens is 588 g/mol. The van der Waals surface area contributed by atoms with Crippen molar-refractivity contribution >= 4 is 49.9 Å². The number of hydrogen-bond acceptors (Lipinski definition) is 3. The summed E-state index contributed by atoms with van der Waals surface area (Å²) in [4.78, 5) is 11.7. The molecule has 0 fully saturated rings. The van der Waals surface area contributed by atoms with Gasteiger partial charge in [-0.3, -0.25) is 9.48 Å². The van der Waals surface area contributed by atoms with Crippen LogP contribution in [0.1, 0.15) is 21.6 Å². The van der Waals surface area contributed by atoms with Crippen molar-refractivity contribution in [2.45, 2.75) is 12.8 Å². The number of benzene rings is 1. The quantitative estimate of drug-likeness (QED) is 0.267. The van der Waals surface area contributed by atoms with Gasteiger partial charge in [0, 0.05) is 7.05 Å². The van der Waals surface area contributed by atoms with E-state index in [0.29, 0.717) is 11.3 Å². The predicted octanol–water partition coefficient (Wildman–Crippen LogP) is 5.28. The summed E-state index contributed by atoms with van der Waals surface area (Å²) in [5, 5.41) is 4.15. The molecule has 0 radical (unpaired) electrons. The molecule has 0 amide bonds. The Hall–Kier alpha value is -0.351. The summed E-state index contributed by atoms with van der Waals surface area (Å²) in [6.07, 6.45) is -2.94. The van der Waals surface area contributed by atoms with Crippen LogP contribution in [-0.4, -0.2) is 20.9 Å². The minimum absolute atomic E-state index is 0.0376. The van der Waals surface area contributed by atoms with E-state index in [1.807, 2.05) is 0 Å². The van der Waals surface area contributed by atoms with E-state index in [9.17, 15) is 18.0 Å². The van der Waals surface area contributed by atoms with Gasteiger partial charge in [0.2, 0.25) is 0 Å². The van der Waals surface area contributed by atoms with Crippen LogP contribution in [0.5, 0.6) is 5.75 Å². The number of hydrogen-bond donors (Lipinski definition) is 0. The molecule has 11 heteroatoms. The summed E-state index contributed by atoms with van der Waals surface area (Å²) in [6, 6.07) is 4.38. The number of carbonyl (C=O) groups is 1. The Labute approximate surface area is 171 Å². The van der Waals surface area contributed by atoms with Crippen molar-refractivity contribution in [1.82, 2.24) is 9.78 Å². The number of nitrogens with zero attached hydrogens (tertiary/aromatic N) is 2. The van der Waals surface area contributed by atoms with Crippen molar-refractivity contribution in [1.29, 1.82) is 0 Å². The molecular formula is C14H12Br3CuF3N2O2. The SMILES string of the molecule is Cn1ncc(C(=O)CBr)c1COc1ccc(C(F)(F)F)cc1.[Br][Cu][Br]. The number of ether oxygens (including phenoxy) is 1.